The van der Waals surface area contributed by atoms with Crippen LogP contribution in [0.15, 0.2) is 29.2 Å². The molecule has 2 atom stereocenters. The molecule has 0 saturated carbocycles. The summed E-state index contributed by atoms with van der Waals surface area (Å²) >= 11 is 0. The molecule has 0 radical (unpaired) electrons. The molecule has 1 N–H and O–H groups in total. The van der Waals surface area contributed by atoms with Crippen molar-refractivity contribution < 1.29 is 10.0 Å². The van der Waals surface area contributed by atoms with Crippen molar-refractivity contribution in [1.29, 1.82) is 0 Å². The first-order valence-corrected chi connectivity index (χ1v) is 7.58. The standard InChI is InChI=1S/C15H18N4O4/c1-10(20)11-5-4-7-17(9-11)14-13(19(22)23)15(21)18-8-3-2-6-12(18)16-14/h2-3,6,8,10-11,20H,4-5,7,9H2,1H3. The number of nitrogens with zero attached hydrogens (tertiary/aromatic N) is 4. The zero-order valence-corrected chi connectivity index (χ0v) is 12.8. The Morgan fingerprint density at radius 3 is 2.96 bits per heavy atom. The Kier molecular flexibility index (Phi) is 3.99. The van der Waals surface area contributed by atoms with Gasteiger partial charge in [0.25, 0.3) is 0 Å². The fourth-order valence-corrected chi connectivity index (χ4v) is 3.04. The fraction of sp³-hybridized carbons (Fsp3) is 0.467. The Morgan fingerprint density at radius 1 is 1.48 bits per heavy atom. The Morgan fingerprint density at radius 2 is 2.26 bits per heavy atom. The summed E-state index contributed by atoms with van der Waals surface area (Å²) in [6, 6.07) is 5.00. The van der Waals surface area contributed by atoms with E-state index in [1.807, 2.05) is 0 Å². The number of rotatable bonds is 3. The van der Waals surface area contributed by atoms with Gasteiger partial charge >= 0.3 is 11.2 Å². The van der Waals surface area contributed by atoms with E-state index < -0.39 is 22.3 Å². The maximum atomic E-state index is 12.5. The van der Waals surface area contributed by atoms with Crippen molar-refractivity contribution in [2.45, 2.75) is 25.9 Å². The lowest BCUT2D eigenvalue weighted by Gasteiger charge is -2.34. The van der Waals surface area contributed by atoms with E-state index in [2.05, 4.69) is 4.98 Å². The summed E-state index contributed by atoms with van der Waals surface area (Å²) in [6.45, 7) is 2.75. The van der Waals surface area contributed by atoms with Crippen molar-refractivity contribution in [3.05, 3.63) is 44.9 Å². The smallest absolute Gasteiger partial charge is 0.376 e. The third kappa shape index (κ3) is 2.77. The van der Waals surface area contributed by atoms with E-state index in [9.17, 15) is 20.0 Å². The van der Waals surface area contributed by atoms with Crippen LogP contribution in [-0.2, 0) is 0 Å². The molecule has 1 aliphatic rings. The van der Waals surface area contributed by atoms with Crippen molar-refractivity contribution in [3.63, 3.8) is 0 Å². The third-order valence-corrected chi connectivity index (χ3v) is 4.31. The minimum Gasteiger partial charge on any atom is -0.393 e. The second-order valence-corrected chi connectivity index (χ2v) is 5.86. The van der Waals surface area contributed by atoms with Gasteiger partial charge < -0.3 is 10.0 Å². The van der Waals surface area contributed by atoms with Crippen molar-refractivity contribution >= 4 is 17.2 Å². The van der Waals surface area contributed by atoms with Gasteiger partial charge in [-0.15, -0.1) is 0 Å². The van der Waals surface area contributed by atoms with E-state index >= 15 is 0 Å². The van der Waals surface area contributed by atoms with Crippen LogP contribution < -0.4 is 10.5 Å². The van der Waals surface area contributed by atoms with Gasteiger partial charge in [-0.1, -0.05) is 6.07 Å². The summed E-state index contributed by atoms with van der Waals surface area (Å²) in [5.74, 6) is 0.107. The molecule has 23 heavy (non-hydrogen) atoms. The van der Waals surface area contributed by atoms with Crippen LogP contribution >= 0.6 is 0 Å². The fourth-order valence-electron chi connectivity index (χ4n) is 3.04. The third-order valence-electron chi connectivity index (χ3n) is 4.31. The molecule has 0 spiro atoms. The van der Waals surface area contributed by atoms with Gasteiger partial charge in [-0.05, 0) is 31.9 Å². The molecular weight excluding hydrogens is 300 g/mol. The Balaban J connectivity index is 2.14. The van der Waals surface area contributed by atoms with Gasteiger partial charge in [0, 0.05) is 25.2 Å². The van der Waals surface area contributed by atoms with Crippen LogP contribution in [0.3, 0.4) is 0 Å². The Bertz CT molecular complexity index is 802. The highest BCUT2D eigenvalue weighted by molar-refractivity contribution is 5.61. The van der Waals surface area contributed by atoms with Crippen LogP contribution in [0, 0.1) is 16.0 Å². The summed E-state index contributed by atoms with van der Waals surface area (Å²) in [7, 11) is 0. The monoisotopic (exact) mass is 318 g/mol. The molecule has 2 unspecified atom stereocenters. The van der Waals surface area contributed by atoms with E-state index in [1.165, 1.54) is 10.6 Å². The predicted molar refractivity (Wildman–Crippen MR) is 84.7 cm³/mol. The topological polar surface area (TPSA) is 101 Å². The molecule has 0 amide bonds. The van der Waals surface area contributed by atoms with Crippen molar-refractivity contribution in [2.24, 2.45) is 5.92 Å². The lowest BCUT2D eigenvalue weighted by molar-refractivity contribution is -0.385. The summed E-state index contributed by atoms with van der Waals surface area (Å²) in [4.78, 5) is 29.3. The first-order chi connectivity index (χ1) is 11.0. The first-order valence-electron chi connectivity index (χ1n) is 7.58. The molecule has 0 bridgehead atoms. The number of hydrogen-bond donors (Lipinski definition) is 1. The largest absolute Gasteiger partial charge is 0.393 e. The van der Waals surface area contributed by atoms with E-state index in [4.69, 9.17) is 0 Å². The second-order valence-electron chi connectivity index (χ2n) is 5.86. The average Bonchev–Trinajstić information content (AvgIpc) is 2.54. The van der Waals surface area contributed by atoms with Crippen molar-refractivity contribution in [2.75, 3.05) is 18.0 Å². The quantitative estimate of drug-likeness (QED) is 0.674. The van der Waals surface area contributed by atoms with Gasteiger partial charge in [-0.25, -0.2) is 4.98 Å². The molecule has 122 valence electrons. The Labute approximate surface area is 132 Å². The van der Waals surface area contributed by atoms with Gasteiger partial charge in [-0.2, -0.15) is 0 Å². The molecule has 2 aromatic rings. The molecule has 2 aromatic heterocycles. The van der Waals surface area contributed by atoms with Gasteiger partial charge in [0.05, 0.1) is 11.0 Å². The molecular formula is C15H18N4O4. The number of pyridine rings is 1. The maximum absolute atomic E-state index is 12.5. The molecule has 8 nitrogen and oxygen atoms in total. The van der Waals surface area contributed by atoms with Crippen LogP contribution in [0.25, 0.3) is 5.65 Å². The molecule has 8 heteroatoms. The predicted octanol–water partition coefficient (Wildman–Crippen LogP) is 1.20. The lowest BCUT2D eigenvalue weighted by Crippen LogP contribution is -2.41. The van der Waals surface area contributed by atoms with E-state index in [1.54, 1.807) is 30.0 Å². The Hall–Kier alpha value is -2.48. The zero-order valence-electron chi connectivity index (χ0n) is 12.8. The molecule has 3 rings (SSSR count). The number of fused-ring (bicyclic) bond motifs is 1. The second kappa shape index (κ2) is 5.96. The summed E-state index contributed by atoms with van der Waals surface area (Å²) in [6.07, 6.45) is 2.62. The normalized spacial score (nSPS) is 19.7. The highest BCUT2D eigenvalue weighted by Gasteiger charge is 2.31. The summed E-state index contributed by atoms with van der Waals surface area (Å²) in [5.41, 5.74) is -0.827. The zero-order chi connectivity index (χ0) is 16.6. The molecule has 1 fully saturated rings. The SMILES string of the molecule is CC(O)C1CCCN(c2nc3ccccn3c(=O)c2[N+](=O)[O-])C1. The number of nitro groups is 1. The van der Waals surface area contributed by atoms with Crippen LogP contribution in [0.2, 0.25) is 0 Å². The van der Waals surface area contributed by atoms with Gasteiger partial charge in [-0.3, -0.25) is 19.3 Å². The summed E-state index contributed by atoms with van der Waals surface area (Å²) < 4.78 is 1.18. The van der Waals surface area contributed by atoms with Gasteiger partial charge in [0.15, 0.2) is 0 Å². The lowest BCUT2D eigenvalue weighted by atomic mass is 9.93. The molecule has 0 aliphatic carbocycles. The summed E-state index contributed by atoms with van der Waals surface area (Å²) in [5, 5.41) is 21.2. The van der Waals surface area contributed by atoms with E-state index in [0.717, 1.165) is 12.8 Å². The highest BCUT2D eigenvalue weighted by Crippen LogP contribution is 2.28. The minimum absolute atomic E-state index is 0.0133. The van der Waals surface area contributed by atoms with Crippen molar-refractivity contribution in [1.82, 2.24) is 9.38 Å². The first kappa shape index (κ1) is 15.4. The van der Waals surface area contributed by atoms with Gasteiger partial charge in [0.1, 0.15) is 5.65 Å². The van der Waals surface area contributed by atoms with E-state index in [-0.39, 0.29) is 11.7 Å². The molecule has 1 aliphatic heterocycles. The molecule has 1 saturated heterocycles. The van der Waals surface area contributed by atoms with Gasteiger partial charge in [0.2, 0.25) is 5.82 Å². The van der Waals surface area contributed by atoms with Crippen molar-refractivity contribution in [3.8, 4) is 0 Å². The van der Waals surface area contributed by atoms with E-state index in [0.29, 0.717) is 18.7 Å². The molecule has 0 aromatic carbocycles. The van der Waals surface area contributed by atoms with Crippen LogP contribution in [0.1, 0.15) is 19.8 Å². The number of aliphatic hydroxyl groups is 1. The molecule has 3 heterocycles. The maximum Gasteiger partial charge on any atom is 0.376 e. The van der Waals surface area contributed by atoms with Crippen LogP contribution in [-0.4, -0.2) is 38.6 Å². The van der Waals surface area contributed by atoms with Crippen LogP contribution in [0.5, 0.6) is 0 Å². The average molecular weight is 318 g/mol. The number of anilines is 1. The minimum atomic E-state index is -0.685. The highest BCUT2D eigenvalue weighted by atomic mass is 16.6. The van der Waals surface area contributed by atoms with Crippen LogP contribution in [0.4, 0.5) is 11.5 Å². The number of piperidine rings is 1. The number of aliphatic hydroxyl groups excluding tert-OH is 1. The number of aromatic nitrogens is 2. The number of hydrogen-bond acceptors (Lipinski definition) is 6.